The van der Waals surface area contributed by atoms with Crippen LogP contribution in [-0.2, 0) is 9.53 Å². The van der Waals surface area contributed by atoms with E-state index in [1.165, 1.54) is 25.3 Å². The fraction of sp³-hybridized carbons (Fsp3) is 0.400. The third-order valence-electron chi connectivity index (χ3n) is 1.89. The highest BCUT2D eigenvalue weighted by Gasteiger charge is 2.49. The smallest absolute Gasteiger partial charge is 0.380 e. The highest BCUT2D eigenvalue weighted by Crippen LogP contribution is 2.31. The Morgan fingerprint density at radius 3 is 2.88 bits per heavy atom. The van der Waals surface area contributed by atoms with Crippen molar-refractivity contribution >= 4 is 5.97 Å². The summed E-state index contributed by atoms with van der Waals surface area (Å²) in [5.41, 5.74) is -0.138. The third kappa shape index (κ3) is 2.52. The molecule has 1 atom stereocenters. The number of halogens is 2. The van der Waals surface area contributed by atoms with Crippen molar-refractivity contribution in [2.45, 2.75) is 19.0 Å². The number of ether oxygens (including phenoxy) is 1. The van der Waals surface area contributed by atoms with Gasteiger partial charge in [-0.25, -0.2) is 4.79 Å². The summed E-state index contributed by atoms with van der Waals surface area (Å²) in [6.45, 7) is 1.23. The SMILES string of the molecule is CCOC(=O)C(F)(F)[C@H](O)c1cccnc1. The first-order valence-electron chi connectivity index (χ1n) is 4.63. The number of carbonyl (C=O) groups is 1. The molecule has 0 saturated heterocycles. The van der Waals surface area contributed by atoms with Crippen LogP contribution in [0.5, 0.6) is 0 Å². The lowest BCUT2D eigenvalue weighted by Crippen LogP contribution is -2.37. The summed E-state index contributed by atoms with van der Waals surface area (Å²) in [5, 5.41) is 9.35. The molecule has 0 saturated carbocycles. The van der Waals surface area contributed by atoms with Crippen LogP contribution in [0.4, 0.5) is 8.78 Å². The van der Waals surface area contributed by atoms with Gasteiger partial charge in [0.15, 0.2) is 6.10 Å². The molecule has 0 fully saturated rings. The predicted molar refractivity (Wildman–Crippen MR) is 50.8 cm³/mol. The number of nitrogens with zero attached hydrogens (tertiary/aromatic N) is 1. The summed E-state index contributed by atoms with van der Waals surface area (Å²) in [6, 6.07) is 2.64. The number of esters is 1. The van der Waals surface area contributed by atoms with Crippen molar-refractivity contribution in [3.8, 4) is 0 Å². The van der Waals surface area contributed by atoms with Crippen LogP contribution >= 0.6 is 0 Å². The van der Waals surface area contributed by atoms with E-state index in [2.05, 4.69) is 9.72 Å². The molecule has 1 heterocycles. The van der Waals surface area contributed by atoms with Crippen LogP contribution < -0.4 is 0 Å². The maximum atomic E-state index is 13.3. The van der Waals surface area contributed by atoms with E-state index in [9.17, 15) is 18.7 Å². The molecule has 0 aliphatic heterocycles. The summed E-state index contributed by atoms with van der Waals surface area (Å²) >= 11 is 0. The molecule has 4 nitrogen and oxygen atoms in total. The quantitative estimate of drug-likeness (QED) is 0.794. The largest absolute Gasteiger partial charge is 0.461 e. The fourth-order valence-electron chi connectivity index (χ4n) is 1.09. The topological polar surface area (TPSA) is 59.4 Å². The Bertz CT molecular complexity index is 356. The Morgan fingerprint density at radius 2 is 2.38 bits per heavy atom. The molecule has 88 valence electrons. The fourth-order valence-corrected chi connectivity index (χ4v) is 1.09. The lowest BCUT2D eigenvalue weighted by Gasteiger charge is -2.20. The molecule has 0 aliphatic carbocycles. The predicted octanol–water partition coefficient (Wildman–Crippen LogP) is 1.31. The summed E-state index contributed by atoms with van der Waals surface area (Å²) < 4.78 is 30.8. The first-order valence-corrected chi connectivity index (χ1v) is 4.63. The van der Waals surface area contributed by atoms with Gasteiger partial charge in [0.25, 0.3) is 0 Å². The molecule has 0 spiro atoms. The lowest BCUT2D eigenvalue weighted by atomic mass is 10.1. The van der Waals surface area contributed by atoms with Crippen molar-refractivity contribution in [1.29, 1.82) is 0 Å². The molecule has 0 aromatic carbocycles. The molecule has 0 amide bonds. The maximum absolute atomic E-state index is 13.3. The zero-order chi connectivity index (χ0) is 12.2. The van der Waals surface area contributed by atoms with Crippen LogP contribution in [-0.4, -0.2) is 28.6 Å². The molecule has 0 aliphatic rings. The average Bonchev–Trinajstić information content (AvgIpc) is 2.29. The van der Waals surface area contributed by atoms with E-state index in [-0.39, 0.29) is 12.2 Å². The number of aliphatic hydroxyl groups excluding tert-OH is 1. The van der Waals surface area contributed by atoms with Gasteiger partial charge in [0.2, 0.25) is 0 Å². The van der Waals surface area contributed by atoms with E-state index < -0.39 is 18.0 Å². The number of rotatable bonds is 4. The number of hydrogen-bond acceptors (Lipinski definition) is 4. The summed E-state index contributed by atoms with van der Waals surface area (Å²) in [5.74, 6) is -5.72. The zero-order valence-corrected chi connectivity index (χ0v) is 8.56. The van der Waals surface area contributed by atoms with Gasteiger partial charge in [0.1, 0.15) is 0 Å². The molecule has 1 N–H and O–H groups in total. The zero-order valence-electron chi connectivity index (χ0n) is 8.56. The number of alkyl halides is 2. The minimum absolute atomic E-state index is 0.138. The van der Waals surface area contributed by atoms with Crippen LogP contribution in [0.15, 0.2) is 24.5 Å². The Morgan fingerprint density at radius 1 is 1.69 bits per heavy atom. The summed E-state index contributed by atoms with van der Waals surface area (Å²) in [6.07, 6.45) is 0.191. The Kier molecular flexibility index (Phi) is 3.89. The molecule has 0 radical (unpaired) electrons. The van der Waals surface area contributed by atoms with Gasteiger partial charge in [-0.05, 0) is 13.0 Å². The second-order valence-corrected chi connectivity index (χ2v) is 3.03. The average molecular weight is 231 g/mol. The van der Waals surface area contributed by atoms with Crippen molar-refractivity contribution < 1.29 is 23.4 Å². The maximum Gasteiger partial charge on any atom is 0.380 e. The molecular formula is C10H11F2NO3. The Hall–Kier alpha value is -1.56. The molecule has 0 unspecified atom stereocenters. The molecule has 16 heavy (non-hydrogen) atoms. The molecule has 1 aromatic rings. The molecule has 0 bridgehead atoms. The number of aromatic nitrogens is 1. The first-order chi connectivity index (χ1) is 7.50. The molecule has 6 heteroatoms. The van der Waals surface area contributed by atoms with Gasteiger partial charge >= 0.3 is 11.9 Å². The lowest BCUT2D eigenvalue weighted by molar-refractivity contribution is -0.189. The molecular weight excluding hydrogens is 220 g/mol. The van der Waals surface area contributed by atoms with Crippen LogP contribution in [0.3, 0.4) is 0 Å². The number of hydrogen-bond donors (Lipinski definition) is 1. The van der Waals surface area contributed by atoms with E-state index in [0.29, 0.717) is 0 Å². The van der Waals surface area contributed by atoms with Gasteiger partial charge < -0.3 is 9.84 Å². The Labute approximate surface area is 90.9 Å². The van der Waals surface area contributed by atoms with Crippen LogP contribution in [0.25, 0.3) is 0 Å². The van der Waals surface area contributed by atoms with Crippen molar-refractivity contribution in [1.82, 2.24) is 4.98 Å². The van der Waals surface area contributed by atoms with E-state index in [0.717, 1.165) is 6.20 Å². The minimum atomic E-state index is -3.97. The highest BCUT2D eigenvalue weighted by molar-refractivity contribution is 5.78. The van der Waals surface area contributed by atoms with Crippen LogP contribution in [0.2, 0.25) is 0 Å². The Balaban J connectivity index is 2.87. The van der Waals surface area contributed by atoms with Crippen molar-refractivity contribution in [3.63, 3.8) is 0 Å². The van der Waals surface area contributed by atoms with Crippen molar-refractivity contribution in [3.05, 3.63) is 30.1 Å². The third-order valence-corrected chi connectivity index (χ3v) is 1.89. The van der Waals surface area contributed by atoms with E-state index in [1.54, 1.807) is 0 Å². The van der Waals surface area contributed by atoms with Crippen molar-refractivity contribution in [2.75, 3.05) is 6.61 Å². The van der Waals surface area contributed by atoms with Crippen LogP contribution in [0, 0.1) is 0 Å². The highest BCUT2D eigenvalue weighted by atomic mass is 19.3. The molecule has 1 rings (SSSR count). The first kappa shape index (κ1) is 12.5. The van der Waals surface area contributed by atoms with Gasteiger partial charge in [0.05, 0.1) is 6.61 Å². The summed E-state index contributed by atoms with van der Waals surface area (Å²) in [4.78, 5) is 14.5. The van der Waals surface area contributed by atoms with Gasteiger partial charge in [-0.1, -0.05) is 6.07 Å². The summed E-state index contributed by atoms with van der Waals surface area (Å²) in [7, 11) is 0. The van der Waals surface area contributed by atoms with Gasteiger partial charge in [-0.3, -0.25) is 4.98 Å². The van der Waals surface area contributed by atoms with E-state index >= 15 is 0 Å². The standard InChI is InChI=1S/C10H11F2NO3/c1-2-16-9(15)10(11,12)8(14)7-4-3-5-13-6-7/h3-6,8,14H,2H2,1H3/t8-/m1/s1. The molecule has 1 aromatic heterocycles. The second kappa shape index (κ2) is 4.98. The van der Waals surface area contributed by atoms with E-state index in [4.69, 9.17) is 0 Å². The second-order valence-electron chi connectivity index (χ2n) is 3.03. The van der Waals surface area contributed by atoms with E-state index in [1.807, 2.05) is 0 Å². The van der Waals surface area contributed by atoms with Crippen molar-refractivity contribution in [2.24, 2.45) is 0 Å². The van der Waals surface area contributed by atoms with Crippen LogP contribution in [0.1, 0.15) is 18.6 Å². The normalized spacial score (nSPS) is 13.2. The van der Waals surface area contributed by atoms with Gasteiger partial charge in [-0.2, -0.15) is 8.78 Å². The number of aliphatic hydroxyl groups is 1. The van der Waals surface area contributed by atoms with Gasteiger partial charge in [-0.15, -0.1) is 0 Å². The monoisotopic (exact) mass is 231 g/mol. The number of carbonyl (C=O) groups excluding carboxylic acids is 1. The minimum Gasteiger partial charge on any atom is -0.461 e. The number of pyridine rings is 1. The van der Waals surface area contributed by atoms with Gasteiger partial charge in [0, 0.05) is 18.0 Å².